The molecule has 0 unspecified atom stereocenters. The standard InChI is InChI=1S/C3H7N3OS/c4-5-6-7-2-1-3-8/h8H,1-3H2. The topological polar surface area (TPSA) is 58.0 Å². The van der Waals surface area contributed by atoms with Crippen molar-refractivity contribution in [2.75, 3.05) is 12.4 Å². The van der Waals surface area contributed by atoms with Crippen LogP contribution in [-0.4, -0.2) is 12.4 Å². The Hall–Kier alpha value is -0.540. The van der Waals surface area contributed by atoms with Crippen molar-refractivity contribution in [2.24, 2.45) is 5.28 Å². The van der Waals surface area contributed by atoms with Crippen LogP contribution in [0.15, 0.2) is 5.28 Å². The van der Waals surface area contributed by atoms with Crippen LogP contribution in [0.5, 0.6) is 0 Å². The number of hydrogen-bond acceptors (Lipinski definition) is 3. The summed E-state index contributed by atoms with van der Waals surface area (Å²) in [4.78, 5) is 6.77. The Kier molecular flexibility index (Phi) is 6.02. The van der Waals surface area contributed by atoms with E-state index in [9.17, 15) is 0 Å². The average molecular weight is 133 g/mol. The summed E-state index contributed by atoms with van der Waals surface area (Å²) in [5, 5.41) is 2.86. The molecule has 0 aliphatic heterocycles. The molecule has 0 amide bonds. The maximum absolute atomic E-state index is 7.68. The first-order valence-electron chi connectivity index (χ1n) is 2.19. The molecule has 0 fully saturated rings. The second-order valence-electron chi connectivity index (χ2n) is 1.08. The van der Waals surface area contributed by atoms with Crippen molar-refractivity contribution >= 4 is 12.6 Å². The van der Waals surface area contributed by atoms with Crippen molar-refractivity contribution in [2.45, 2.75) is 6.42 Å². The molecule has 5 heteroatoms. The highest BCUT2D eigenvalue weighted by Crippen LogP contribution is 1.85. The van der Waals surface area contributed by atoms with Crippen LogP contribution in [0.1, 0.15) is 6.42 Å². The Balaban J connectivity index is 2.82. The highest BCUT2D eigenvalue weighted by atomic mass is 32.1. The predicted octanol–water partition coefficient (Wildman–Crippen LogP) is 1.55. The first kappa shape index (κ1) is 7.46. The van der Waals surface area contributed by atoms with E-state index in [1.165, 1.54) is 0 Å². The number of hydrogen-bond donors (Lipinski definition) is 1. The van der Waals surface area contributed by atoms with Gasteiger partial charge in [0.15, 0.2) is 0 Å². The zero-order chi connectivity index (χ0) is 6.24. The lowest BCUT2D eigenvalue weighted by molar-refractivity contribution is 0.140. The summed E-state index contributed by atoms with van der Waals surface area (Å²) in [7, 11) is 0. The van der Waals surface area contributed by atoms with Gasteiger partial charge in [-0.1, -0.05) is 0 Å². The van der Waals surface area contributed by atoms with Crippen LogP contribution in [0.3, 0.4) is 0 Å². The lowest BCUT2D eigenvalue weighted by atomic mass is 10.5. The molecule has 0 aromatic rings. The van der Waals surface area contributed by atoms with E-state index in [2.05, 4.69) is 27.7 Å². The molecule has 0 saturated carbocycles. The molecule has 0 aromatic carbocycles. The van der Waals surface area contributed by atoms with Gasteiger partial charge in [0.2, 0.25) is 0 Å². The summed E-state index contributed by atoms with van der Waals surface area (Å²) in [6.45, 7) is 0.452. The molecule has 0 spiro atoms. The molecule has 0 aromatic heterocycles. The zero-order valence-corrected chi connectivity index (χ0v) is 5.21. The van der Waals surface area contributed by atoms with E-state index in [4.69, 9.17) is 5.53 Å². The smallest absolute Gasteiger partial charge is 0.111 e. The van der Waals surface area contributed by atoms with Gasteiger partial charge in [-0.25, -0.2) is 0 Å². The van der Waals surface area contributed by atoms with Crippen LogP contribution in [0.25, 0.3) is 10.4 Å². The van der Waals surface area contributed by atoms with Crippen LogP contribution >= 0.6 is 12.6 Å². The normalized spacial score (nSPS) is 7.62. The summed E-state index contributed by atoms with van der Waals surface area (Å²) >= 11 is 3.91. The van der Waals surface area contributed by atoms with Crippen LogP contribution in [0, 0.1) is 0 Å². The van der Waals surface area contributed by atoms with Crippen molar-refractivity contribution in [1.29, 1.82) is 0 Å². The quantitative estimate of drug-likeness (QED) is 0.155. The molecule has 0 heterocycles. The Labute approximate surface area is 52.8 Å². The number of nitrogens with zero attached hydrogens (tertiary/aromatic N) is 3. The van der Waals surface area contributed by atoms with E-state index in [0.717, 1.165) is 12.2 Å². The molecule has 0 radical (unpaired) electrons. The molecule has 4 nitrogen and oxygen atoms in total. The van der Waals surface area contributed by atoms with E-state index in [1.54, 1.807) is 0 Å². The molecule has 0 N–H and O–H groups in total. The van der Waals surface area contributed by atoms with E-state index >= 15 is 0 Å². The van der Waals surface area contributed by atoms with Crippen molar-refractivity contribution in [1.82, 2.24) is 0 Å². The van der Waals surface area contributed by atoms with Crippen LogP contribution in [0.2, 0.25) is 0 Å². The molecule has 0 atom stereocenters. The van der Waals surface area contributed by atoms with Gasteiger partial charge < -0.3 is 4.84 Å². The number of thiol groups is 1. The third kappa shape index (κ3) is 5.46. The molecule has 8 heavy (non-hydrogen) atoms. The van der Waals surface area contributed by atoms with Gasteiger partial charge in [0, 0.05) is 4.91 Å². The Morgan fingerprint density at radius 1 is 1.75 bits per heavy atom. The van der Waals surface area contributed by atoms with E-state index in [0.29, 0.717) is 6.61 Å². The lowest BCUT2D eigenvalue weighted by Crippen LogP contribution is -1.85. The molecule has 0 aliphatic rings. The summed E-state index contributed by atoms with van der Waals surface area (Å²) < 4.78 is 0. The Bertz CT molecular complexity index is 90.5. The van der Waals surface area contributed by atoms with Crippen molar-refractivity contribution < 1.29 is 4.84 Å². The van der Waals surface area contributed by atoms with Gasteiger partial charge in [-0.2, -0.15) is 12.6 Å². The maximum atomic E-state index is 7.68. The number of rotatable bonds is 4. The van der Waals surface area contributed by atoms with Gasteiger partial charge in [-0.05, 0) is 17.7 Å². The Morgan fingerprint density at radius 2 is 2.50 bits per heavy atom. The fourth-order valence-electron chi connectivity index (χ4n) is 0.196. The fourth-order valence-corrected chi connectivity index (χ4v) is 0.325. The summed E-state index contributed by atoms with van der Waals surface area (Å²) in [6, 6.07) is 0. The minimum atomic E-state index is 0.452. The number of azide groups is 1. The molecule has 0 aliphatic carbocycles. The highest BCUT2D eigenvalue weighted by molar-refractivity contribution is 7.80. The average Bonchev–Trinajstić information content (AvgIpc) is 1.81. The van der Waals surface area contributed by atoms with Crippen molar-refractivity contribution in [3.8, 4) is 0 Å². The zero-order valence-electron chi connectivity index (χ0n) is 4.32. The third-order valence-electron chi connectivity index (χ3n) is 0.488. The molecule has 0 rings (SSSR count). The van der Waals surface area contributed by atoms with Gasteiger partial charge >= 0.3 is 0 Å². The first-order chi connectivity index (χ1) is 3.91. The van der Waals surface area contributed by atoms with E-state index in [-0.39, 0.29) is 0 Å². The van der Waals surface area contributed by atoms with Crippen LogP contribution in [0.4, 0.5) is 0 Å². The molecule has 0 bridgehead atoms. The van der Waals surface area contributed by atoms with Crippen molar-refractivity contribution in [3.05, 3.63) is 10.4 Å². The molecule has 0 saturated heterocycles. The SMILES string of the molecule is [N-]=[N+]=NOCCCS. The largest absolute Gasteiger partial charge is 0.433 e. The maximum Gasteiger partial charge on any atom is 0.111 e. The van der Waals surface area contributed by atoms with E-state index < -0.39 is 0 Å². The third-order valence-corrected chi connectivity index (χ3v) is 0.804. The first-order valence-corrected chi connectivity index (χ1v) is 2.82. The second kappa shape index (κ2) is 6.46. The van der Waals surface area contributed by atoms with Gasteiger partial charge in [-0.15, -0.1) is 0 Å². The molecular formula is C3H7N3OS. The minimum Gasteiger partial charge on any atom is -0.433 e. The lowest BCUT2D eigenvalue weighted by Gasteiger charge is -1.90. The van der Waals surface area contributed by atoms with Gasteiger partial charge in [0.25, 0.3) is 0 Å². The van der Waals surface area contributed by atoms with E-state index in [1.807, 2.05) is 0 Å². The highest BCUT2D eigenvalue weighted by Gasteiger charge is 1.78. The summed E-state index contributed by atoms with van der Waals surface area (Å²) in [5.74, 6) is 0.751. The Morgan fingerprint density at radius 3 is 3.00 bits per heavy atom. The van der Waals surface area contributed by atoms with Gasteiger partial charge in [0.1, 0.15) is 5.28 Å². The second-order valence-corrected chi connectivity index (χ2v) is 1.53. The molecular weight excluding hydrogens is 126 g/mol. The summed E-state index contributed by atoms with van der Waals surface area (Å²) in [5.41, 5.74) is 7.68. The minimum absolute atomic E-state index is 0.452. The summed E-state index contributed by atoms with van der Waals surface area (Å²) in [6.07, 6.45) is 0.808. The fraction of sp³-hybridized carbons (Fsp3) is 1.00. The van der Waals surface area contributed by atoms with Crippen molar-refractivity contribution in [3.63, 3.8) is 0 Å². The van der Waals surface area contributed by atoms with Gasteiger partial charge in [0.05, 0.1) is 6.61 Å². The predicted molar refractivity (Wildman–Crippen MR) is 33.6 cm³/mol. The van der Waals surface area contributed by atoms with Gasteiger partial charge in [-0.3, -0.25) is 0 Å². The van der Waals surface area contributed by atoms with Crippen LogP contribution in [-0.2, 0) is 4.84 Å². The monoisotopic (exact) mass is 133 g/mol. The molecule has 46 valence electrons. The van der Waals surface area contributed by atoms with Crippen LogP contribution < -0.4 is 0 Å².